The molecule has 0 N–H and O–H groups in total. The highest BCUT2D eigenvalue weighted by molar-refractivity contribution is 5.71. The molecule has 0 atom stereocenters. The van der Waals surface area contributed by atoms with E-state index in [2.05, 4.69) is 29.7 Å². The van der Waals surface area contributed by atoms with E-state index in [4.69, 9.17) is 4.74 Å². The van der Waals surface area contributed by atoms with Crippen molar-refractivity contribution in [2.45, 2.75) is 264 Å². The summed E-state index contributed by atoms with van der Waals surface area (Å²) in [5, 5.41) is 0. The predicted molar refractivity (Wildman–Crippen MR) is 298 cm³/mol. The van der Waals surface area contributed by atoms with Gasteiger partial charge in [-0.2, -0.15) is 0 Å². The van der Waals surface area contributed by atoms with Gasteiger partial charge in [0.2, 0.25) is 0 Å². The SMILES string of the molecule is [C]#Cc1c(Oc2cccc(C34CC5CC(CC(C5)C3)C4)c2C23CC4CC(CC(C4)C2)C3)c(C23CC4CC(CC(C4)C2)C3)c(C23CC4CC(CC(C4)C2)C3)c(C23CC4CC(CC(C4)C2)C3)c1C12CC3CC(CC(C3)C1)C2. The minimum atomic E-state index is 0.184. The molecular formula is C74H93O. The third kappa shape index (κ3) is 6.08. The summed E-state index contributed by atoms with van der Waals surface area (Å²) in [5.74, 6) is 22.8. The van der Waals surface area contributed by atoms with E-state index in [0.717, 1.165) is 107 Å². The van der Waals surface area contributed by atoms with Crippen LogP contribution in [0.25, 0.3) is 0 Å². The molecule has 24 aliphatic rings. The van der Waals surface area contributed by atoms with Crippen molar-refractivity contribution in [2.24, 2.45) is 107 Å². The highest BCUT2D eigenvalue weighted by atomic mass is 16.5. The molecule has 24 bridgehead atoms. The highest BCUT2D eigenvalue weighted by Crippen LogP contribution is 2.75. The van der Waals surface area contributed by atoms with Crippen molar-refractivity contribution < 1.29 is 4.74 Å². The second-order valence-electron chi connectivity index (χ2n) is 35.3. The van der Waals surface area contributed by atoms with Crippen molar-refractivity contribution >= 4 is 0 Å². The summed E-state index contributed by atoms with van der Waals surface area (Å²) in [6.07, 6.45) is 63.6. The lowest BCUT2D eigenvalue weighted by atomic mass is 9.39. The first-order chi connectivity index (χ1) is 36.6. The molecule has 0 amide bonds. The largest absolute Gasteiger partial charge is 0.455 e. The Balaban J connectivity index is 0.906. The van der Waals surface area contributed by atoms with Crippen LogP contribution >= 0.6 is 0 Å². The van der Waals surface area contributed by atoms with Crippen molar-refractivity contribution in [1.82, 2.24) is 0 Å². The molecule has 0 saturated heterocycles. The first-order valence-corrected chi connectivity index (χ1v) is 34.1. The average Bonchev–Trinajstić information content (AvgIpc) is 3.43. The van der Waals surface area contributed by atoms with Crippen LogP contribution < -0.4 is 4.74 Å². The highest BCUT2D eigenvalue weighted by Gasteiger charge is 2.65. The number of hydrogen-bond donors (Lipinski definition) is 0. The molecule has 1 nitrogen and oxygen atoms in total. The quantitative estimate of drug-likeness (QED) is 0.240. The Kier molecular flexibility index (Phi) is 8.80. The third-order valence-corrected chi connectivity index (χ3v) is 30.3. The maximum atomic E-state index is 10.4. The molecule has 24 fully saturated rings. The van der Waals surface area contributed by atoms with Crippen LogP contribution in [0.5, 0.6) is 11.5 Å². The van der Waals surface area contributed by atoms with Crippen LogP contribution in [-0.4, -0.2) is 0 Å². The van der Waals surface area contributed by atoms with Gasteiger partial charge in [-0.05, 0) is 400 Å². The monoisotopic (exact) mass is 998 g/mol. The van der Waals surface area contributed by atoms with Gasteiger partial charge in [0.05, 0.1) is 5.56 Å². The molecule has 0 aromatic heterocycles. The van der Waals surface area contributed by atoms with Crippen molar-refractivity contribution in [3.63, 3.8) is 0 Å². The van der Waals surface area contributed by atoms with Gasteiger partial charge in [-0.25, -0.2) is 0 Å². The molecule has 395 valence electrons. The zero-order valence-corrected chi connectivity index (χ0v) is 46.5. The van der Waals surface area contributed by atoms with E-state index in [1.807, 2.05) is 16.7 Å². The van der Waals surface area contributed by atoms with Gasteiger partial charge in [-0.15, -0.1) is 0 Å². The Labute approximate surface area is 453 Å². The minimum absolute atomic E-state index is 0.184. The van der Waals surface area contributed by atoms with Crippen molar-refractivity contribution in [3.05, 3.63) is 63.6 Å². The average molecular weight is 999 g/mol. The van der Waals surface area contributed by atoms with Crippen LogP contribution in [0.1, 0.15) is 270 Å². The molecule has 26 rings (SSSR count). The van der Waals surface area contributed by atoms with Gasteiger partial charge in [0, 0.05) is 22.0 Å². The molecule has 0 spiro atoms. The zero-order chi connectivity index (χ0) is 48.6. The van der Waals surface area contributed by atoms with Gasteiger partial charge in [-0.3, -0.25) is 0 Å². The summed E-state index contributed by atoms with van der Waals surface area (Å²) in [5.41, 5.74) is 14.2. The van der Waals surface area contributed by atoms with E-state index in [0.29, 0.717) is 5.41 Å². The van der Waals surface area contributed by atoms with Crippen molar-refractivity contribution in [2.75, 3.05) is 0 Å². The van der Waals surface area contributed by atoms with Gasteiger partial charge in [-0.1, -0.05) is 12.1 Å². The van der Waals surface area contributed by atoms with Crippen LogP contribution in [0.15, 0.2) is 18.2 Å². The molecular weight excluding hydrogens is 905 g/mol. The minimum Gasteiger partial charge on any atom is -0.455 e. The fraction of sp³-hybridized carbons (Fsp3) is 0.811. The fourth-order valence-electron chi connectivity index (χ4n) is 31.3. The molecule has 24 aliphatic carbocycles. The standard InChI is InChI=1S/C74H93O/c1-2-60-63(70-27-45-9-46(28-70)11-47(10-45)29-70)65(72-33-51-15-52(34-72)17-53(16-51)35-72)66(73-36-54-18-55(37-73)20-56(19-54)38-73)67(74-39-57-21-58(40-74)23-59(22-57)41-74)68(60)75-62-5-3-4-61(69-24-42-6-43(25-69)8-44(7-42)26-69)64(62)71-30-48-12-49(31-71)14-50(13-48)32-71/h3-5,42-59H,6-41H2. The Bertz CT molecular complexity index is 2630. The topological polar surface area (TPSA) is 9.23 Å². The Morgan fingerprint density at radius 3 is 0.827 bits per heavy atom. The third-order valence-electron chi connectivity index (χ3n) is 30.3. The molecule has 75 heavy (non-hydrogen) atoms. The van der Waals surface area contributed by atoms with Gasteiger partial charge in [0.1, 0.15) is 11.5 Å². The first-order valence-electron chi connectivity index (χ1n) is 34.1. The second-order valence-corrected chi connectivity index (χ2v) is 35.3. The Hall–Kier alpha value is -2.20. The molecule has 0 aliphatic heterocycles. The number of benzene rings is 2. The smallest absolute Gasteiger partial charge is 0.147 e. The van der Waals surface area contributed by atoms with Crippen molar-refractivity contribution in [3.8, 4) is 17.4 Å². The van der Waals surface area contributed by atoms with Gasteiger partial charge in [0.15, 0.2) is 0 Å². The Morgan fingerprint density at radius 2 is 0.533 bits per heavy atom. The van der Waals surface area contributed by atoms with Gasteiger partial charge < -0.3 is 4.74 Å². The molecule has 0 unspecified atom stereocenters. The second kappa shape index (κ2) is 14.8. The van der Waals surface area contributed by atoms with Gasteiger partial charge in [0.25, 0.3) is 0 Å². The first kappa shape index (κ1) is 44.5. The number of hydrogen-bond acceptors (Lipinski definition) is 1. The van der Waals surface area contributed by atoms with E-state index in [-0.39, 0.29) is 27.1 Å². The molecule has 2 aromatic rings. The normalized spacial score (nSPS) is 55.5. The fourth-order valence-corrected chi connectivity index (χ4v) is 31.3. The van der Waals surface area contributed by atoms with E-state index in [1.165, 1.54) is 248 Å². The summed E-state index contributed by atoms with van der Waals surface area (Å²) >= 11 is 0. The van der Waals surface area contributed by atoms with Crippen LogP contribution in [0.4, 0.5) is 0 Å². The van der Waals surface area contributed by atoms with Crippen LogP contribution in [0.3, 0.4) is 0 Å². The predicted octanol–water partition coefficient (Wildman–Crippen LogP) is 18.2. The maximum Gasteiger partial charge on any atom is 0.147 e. The summed E-state index contributed by atoms with van der Waals surface area (Å²) < 4.78 is 8.94. The molecule has 1 heteroatoms. The number of ether oxygens (including phenoxy) is 1. The maximum absolute atomic E-state index is 10.4. The zero-order valence-electron chi connectivity index (χ0n) is 46.5. The molecule has 2 aromatic carbocycles. The van der Waals surface area contributed by atoms with E-state index >= 15 is 0 Å². The summed E-state index contributed by atoms with van der Waals surface area (Å²) in [4.78, 5) is 0. The van der Waals surface area contributed by atoms with Crippen LogP contribution in [0, 0.1) is 119 Å². The lowest BCUT2D eigenvalue weighted by Crippen LogP contribution is -2.57. The van der Waals surface area contributed by atoms with Crippen LogP contribution in [0.2, 0.25) is 0 Å². The van der Waals surface area contributed by atoms with E-state index < -0.39 is 0 Å². The lowest BCUT2D eigenvalue weighted by Gasteiger charge is -2.65. The van der Waals surface area contributed by atoms with Crippen molar-refractivity contribution in [1.29, 1.82) is 0 Å². The van der Waals surface area contributed by atoms with Gasteiger partial charge >= 0.3 is 0 Å². The van der Waals surface area contributed by atoms with E-state index in [1.54, 1.807) is 11.1 Å². The molecule has 24 saturated carbocycles. The summed E-state index contributed by atoms with van der Waals surface area (Å²) in [7, 11) is 0. The lowest BCUT2D eigenvalue weighted by molar-refractivity contribution is -0.0294. The molecule has 0 heterocycles. The molecule has 1 radical (unpaired) electrons. The summed E-state index contributed by atoms with van der Waals surface area (Å²) in [6, 6.07) is 7.97. The van der Waals surface area contributed by atoms with E-state index in [9.17, 15) is 6.42 Å². The number of rotatable bonds is 8. The Morgan fingerprint density at radius 1 is 0.293 bits per heavy atom. The van der Waals surface area contributed by atoms with Crippen LogP contribution in [-0.2, 0) is 32.5 Å². The summed E-state index contributed by atoms with van der Waals surface area (Å²) in [6.45, 7) is 0.